The monoisotopic (exact) mass is 435 g/mol. The number of carbonyl (C=O) groups excluding carboxylic acids is 1. The summed E-state index contributed by atoms with van der Waals surface area (Å²) in [6.07, 6.45) is 0. The van der Waals surface area contributed by atoms with Crippen molar-refractivity contribution in [1.82, 2.24) is 15.1 Å². The molecule has 0 radical (unpaired) electrons. The van der Waals surface area contributed by atoms with Crippen LogP contribution in [-0.2, 0) is 6.54 Å². The molecule has 1 aliphatic rings. The predicted molar refractivity (Wildman–Crippen MR) is 114 cm³/mol. The second-order valence-corrected chi connectivity index (χ2v) is 7.82. The van der Waals surface area contributed by atoms with E-state index in [-0.39, 0.29) is 18.3 Å². The Hall–Kier alpha value is -3.51. The average Bonchev–Trinajstić information content (AvgIpc) is 3.30. The minimum atomic E-state index is -0.548. The maximum Gasteiger partial charge on any atom is 0.273 e. The van der Waals surface area contributed by atoms with Crippen LogP contribution in [-0.4, -0.2) is 21.0 Å². The Morgan fingerprint density at radius 3 is 2.42 bits per heavy atom. The molecule has 1 N–H and O–H groups in total. The van der Waals surface area contributed by atoms with Gasteiger partial charge in [-0.3, -0.25) is 9.89 Å². The first-order chi connectivity index (χ1) is 15.0. The van der Waals surface area contributed by atoms with Crippen LogP contribution in [0.4, 0.5) is 8.78 Å². The van der Waals surface area contributed by atoms with Crippen molar-refractivity contribution in [3.05, 3.63) is 112 Å². The van der Waals surface area contributed by atoms with Gasteiger partial charge in [0.25, 0.3) is 5.91 Å². The Balaban J connectivity index is 1.64. The molecule has 1 unspecified atom stereocenters. The van der Waals surface area contributed by atoms with Crippen LogP contribution in [0.1, 0.15) is 33.2 Å². The molecule has 2 heterocycles. The molecule has 1 aliphatic heterocycles. The number of carbonyl (C=O) groups is 1. The van der Waals surface area contributed by atoms with E-state index < -0.39 is 11.9 Å². The van der Waals surface area contributed by atoms with Crippen molar-refractivity contribution in [1.29, 1.82) is 0 Å². The molecular formula is C24H16ClF2N3O. The zero-order valence-electron chi connectivity index (χ0n) is 16.1. The SMILES string of the molecule is O=C1c2[nH]nc(-c3ccc(Cl)cc3)c2C(c2cccc(F)c2)N1Cc1ccc(F)cc1. The third-order valence-corrected chi connectivity index (χ3v) is 5.66. The molecule has 0 saturated carbocycles. The van der Waals surface area contributed by atoms with Crippen molar-refractivity contribution >= 4 is 17.5 Å². The van der Waals surface area contributed by atoms with Crippen molar-refractivity contribution in [2.75, 3.05) is 0 Å². The topological polar surface area (TPSA) is 49.0 Å². The van der Waals surface area contributed by atoms with Gasteiger partial charge in [-0.05, 0) is 47.5 Å². The number of hydrogen-bond donors (Lipinski definition) is 1. The largest absolute Gasteiger partial charge is 0.322 e. The number of nitrogens with zero attached hydrogens (tertiary/aromatic N) is 2. The molecule has 0 spiro atoms. The third kappa shape index (κ3) is 3.49. The Morgan fingerprint density at radius 1 is 0.968 bits per heavy atom. The van der Waals surface area contributed by atoms with Crippen LogP contribution in [0.15, 0.2) is 72.8 Å². The van der Waals surface area contributed by atoms with E-state index in [1.807, 2.05) is 12.1 Å². The van der Waals surface area contributed by atoms with Crippen molar-refractivity contribution < 1.29 is 13.6 Å². The van der Waals surface area contributed by atoms with E-state index in [4.69, 9.17) is 11.6 Å². The van der Waals surface area contributed by atoms with Gasteiger partial charge in [0.15, 0.2) is 0 Å². The van der Waals surface area contributed by atoms with Crippen molar-refractivity contribution in [2.45, 2.75) is 12.6 Å². The van der Waals surface area contributed by atoms with Gasteiger partial charge >= 0.3 is 0 Å². The molecule has 3 aromatic carbocycles. The van der Waals surface area contributed by atoms with Gasteiger partial charge in [0, 0.05) is 22.7 Å². The minimum absolute atomic E-state index is 0.239. The molecule has 0 fully saturated rings. The lowest BCUT2D eigenvalue weighted by molar-refractivity contribution is 0.0730. The average molecular weight is 436 g/mol. The molecule has 4 aromatic rings. The lowest BCUT2D eigenvalue weighted by Crippen LogP contribution is -2.29. The molecule has 4 nitrogen and oxygen atoms in total. The quantitative estimate of drug-likeness (QED) is 0.443. The smallest absolute Gasteiger partial charge is 0.273 e. The summed E-state index contributed by atoms with van der Waals surface area (Å²) >= 11 is 6.02. The van der Waals surface area contributed by atoms with E-state index in [9.17, 15) is 13.6 Å². The molecule has 31 heavy (non-hydrogen) atoms. The lowest BCUT2D eigenvalue weighted by Gasteiger charge is -2.26. The summed E-state index contributed by atoms with van der Waals surface area (Å²) in [6, 6.07) is 18.8. The first-order valence-electron chi connectivity index (χ1n) is 9.66. The van der Waals surface area contributed by atoms with Gasteiger partial charge in [0.1, 0.15) is 17.3 Å². The highest BCUT2D eigenvalue weighted by molar-refractivity contribution is 6.30. The van der Waals surface area contributed by atoms with E-state index in [1.165, 1.54) is 24.3 Å². The summed E-state index contributed by atoms with van der Waals surface area (Å²) in [6.45, 7) is 0.239. The van der Waals surface area contributed by atoms with Gasteiger partial charge in [0.2, 0.25) is 0 Å². The maximum atomic E-state index is 14.1. The molecule has 154 valence electrons. The molecule has 0 aliphatic carbocycles. The first kappa shape index (κ1) is 19.5. The van der Waals surface area contributed by atoms with Crippen LogP contribution >= 0.6 is 11.6 Å². The number of amides is 1. The van der Waals surface area contributed by atoms with E-state index in [2.05, 4.69) is 10.2 Å². The van der Waals surface area contributed by atoms with Crippen LogP contribution in [0.5, 0.6) is 0 Å². The fourth-order valence-electron chi connectivity index (χ4n) is 4.00. The van der Waals surface area contributed by atoms with E-state index in [0.29, 0.717) is 27.5 Å². The number of benzene rings is 3. The summed E-state index contributed by atoms with van der Waals surface area (Å²) in [7, 11) is 0. The molecule has 1 atom stereocenters. The van der Waals surface area contributed by atoms with Crippen LogP contribution < -0.4 is 0 Å². The van der Waals surface area contributed by atoms with Gasteiger partial charge in [-0.25, -0.2) is 8.78 Å². The second kappa shape index (κ2) is 7.63. The van der Waals surface area contributed by atoms with Gasteiger partial charge in [-0.2, -0.15) is 5.10 Å². The molecule has 1 aromatic heterocycles. The van der Waals surface area contributed by atoms with Crippen LogP contribution in [0.2, 0.25) is 5.02 Å². The normalized spacial score (nSPS) is 15.4. The highest BCUT2D eigenvalue weighted by Gasteiger charge is 2.42. The highest BCUT2D eigenvalue weighted by Crippen LogP contribution is 2.43. The Morgan fingerprint density at radius 2 is 1.71 bits per heavy atom. The molecule has 0 saturated heterocycles. The number of nitrogens with one attached hydrogen (secondary N) is 1. The van der Waals surface area contributed by atoms with E-state index in [1.54, 1.807) is 41.3 Å². The Labute approximate surface area is 182 Å². The van der Waals surface area contributed by atoms with Crippen LogP contribution in [0.25, 0.3) is 11.3 Å². The van der Waals surface area contributed by atoms with Crippen molar-refractivity contribution in [3.8, 4) is 11.3 Å². The number of rotatable bonds is 4. The summed E-state index contributed by atoms with van der Waals surface area (Å²) in [5.74, 6) is -0.990. The van der Waals surface area contributed by atoms with Crippen molar-refractivity contribution in [3.63, 3.8) is 0 Å². The zero-order chi connectivity index (χ0) is 21.5. The molecule has 1 amide bonds. The lowest BCUT2D eigenvalue weighted by atomic mass is 9.96. The standard InChI is InChI=1S/C24H16ClF2N3O/c25-17-8-6-15(7-9-17)21-20-22(29-28-21)24(31)30(13-14-4-10-18(26)11-5-14)23(20)16-2-1-3-19(27)12-16/h1-12,23H,13H2,(H,28,29). The second-order valence-electron chi connectivity index (χ2n) is 7.38. The van der Waals surface area contributed by atoms with Gasteiger partial charge < -0.3 is 4.90 Å². The number of fused-ring (bicyclic) bond motifs is 1. The molecule has 5 rings (SSSR count). The molecule has 7 heteroatoms. The summed E-state index contributed by atoms with van der Waals surface area (Å²) in [4.78, 5) is 14.9. The fraction of sp³-hybridized carbons (Fsp3) is 0.0833. The van der Waals surface area contributed by atoms with E-state index in [0.717, 1.165) is 11.1 Å². The van der Waals surface area contributed by atoms with Gasteiger partial charge in [0.05, 0.1) is 11.7 Å². The number of halogens is 3. The highest BCUT2D eigenvalue weighted by atomic mass is 35.5. The van der Waals surface area contributed by atoms with Crippen molar-refractivity contribution in [2.24, 2.45) is 0 Å². The number of hydrogen-bond acceptors (Lipinski definition) is 2. The van der Waals surface area contributed by atoms with Gasteiger partial charge in [-0.1, -0.05) is 48.0 Å². The molecule has 0 bridgehead atoms. The predicted octanol–water partition coefficient (Wildman–Crippen LogP) is 5.75. The fourth-order valence-corrected chi connectivity index (χ4v) is 4.12. The minimum Gasteiger partial charge on any atom is -0.322 e. The van der Waals surface area contributed by atoms with Gasteiger partial charge in [-0.15, -0.1) is 0 Å². The Bertz CT molecular complexity index is 1270. The number of aromatic amines is 1. The first-order valence-corrected chi connectivity index (χ1v) is 10.0. The number of aromatic nitrogens is 2. The van der Waals surface area contributed by atoms with E-state index >= 15 is 0 Å². The third-order valence-electron chi connectivity index (χ3n) is 5.41. The Kier molecular flexibility index (Phi) is 4.79. The molecular weight excluding hydrogens is 420 g/mol. The van der Waals surface area contributed by atoms with Crippen LogP contribution in [0.3, 0.4) is 0 Å². The summed E-state index contributed by atoms with van der Waals surface area (Å²) < 4.78 is 27.5. The maximum absolute atomic E-state index is 14.1. The summed E-state index contributed by atoms with van der Waals surface area (Å²) in [5, 5.41) is 7.83. The summed E-state index contributed by atoms with van der Waals surface area (Å²) in [5.41, 5.74) is 3.84. The van der Waals surface area contributed by atoms with Crippen LogP contribution in [0, 0.1) is 11.6 Å². The number of H-pyrrole nitrogens is 1. The zero-order valence-corrected chi connectivity index (χ0v) is 16.9.